The molecule has 0 aliphatic rings. The predicted molar refractivity (Wildman–Crippen MR) is 270 cm³/mol. The van der Waals surface area contributed by atoms with Crippen LogP contribution in [0.4, 0.5) is 0 Å². The molecule has 9 aromatic carbocycles. The van der Waals surface area contributed by atoms with Crippen LogP contribution in [0, 0.1) is 0 Å². The van der Waals surface area contributed by atoms with Gasteiger partial charge in [-0.2, -0.15) is 0 Å². The van der Waals surface area contributed by atoms with E-state index in [4.69, 9.17) is 11.6 Å². The molecule has 4 heteroatoms. The molecule has 0 aliphatic carbocycles. The molecule has 0 aliphatic heterocycles. The first-order valence-corrected chi connectivity index (χ1v) is 21.8. The minimum atomic E-state index is 0.890. The second-order valence-electron chi connectivity index (χ2n) is 16.5. The first-order chi connectivity index (χ1) is 31.6. The summed E-state index contributed by atoms with van der Waals surface area (Å²) in [6, 6.07) is 80.3. The molecule has 0 unspecified atom stereocenters. The molecule has 0 N–H and O–H groups in total. The van der Waals surface area contributed by atoms with Crippen molar-refractivity contribution in [3.63, 3.8) is 0 Å². The van der Waals surface area contributed by atoms with Gasteiger partial charge in [-0.1, -0.05) is 164 Å². The Morgan fingerprint density at radius 1 is 0.375 bits per heavy atom. The summed E-state index contributed by atoms with van der Waals surface area (Å²) in [6.07, 6.45) is 0. The van der Waals surface area contributed by atoms with E-state index in [-0.39, 0.29) is 0 Å². The van der Waals surface area contributed by atoms with Gasteiger partial charge in [-0.15, -0.1) is 0 Å². The maximum atomic E-state index is 5.46. The van der Waals surface area contributed by atoms with Crippen molar-refractivity contribution >= 4 is 72.5 Å². The lowest BCUT2D eigenvalue weighted by Gasteiger charge is -2.12. The Hall–Kier alpha value is -8.47. The van der Waals surface area contributed by atoms with Crippen molar-refractivity contribution in [1.29, 1.82) is 0 Å². The maximum Gasteiger partial charge on any atom is 0.0805 e. The first kappa shape index (κ1) is 37.3. The van der Waals surface area contributed by atoms with Crippen LogP contribution in [0.1, 0.15) is 18.1 Å². The zero-order valence-electron chi connectivity index (χ0n) is 35.4. The molecule has 302 valence electrons. The standard InChI is InChI=1S/C60H42N4/c1-40(42-20-8-3-9-21-42)61-58(43-22-10-4-11-23-43)57-41(2)62(46-24-12-5-13-25-46)56-37-33-45(39-53(56)57)44-32-36-55-52(38-44)51-35-34-50-49-30-18-19-31-54(49)63(47-26-14-6-15-27-47)59(50)60(51)64(55)48-28-16-7-17-29-48/h3-39H,2H2,1H3/b58-57+,61-40?. The molecular weight excluding hydrogens is 777 g/mol. The summed E-state index contributed by atoms with van der Waals surface area (Å²) in [7, 11) is 0. The minimum absolute atomic E-state index is 0.890. The van der Waals surface area contributed by atoms with Crippen LogP contribution in [0.3, 0.4) is 0 Å². The highest BCUT2D eigenvalue weighted by Gasteiger charge is 2.22. The summed E-state index contributed by atoms with van der Waals surface area (Å²) in [5, 5.41) is 7.86. The van der Waals surface area contributed by atoms with Crippen LogP contribution in [0.15, 0.2) is 229 Å². The zero-order chi connectivity index (χ0) is 42.7. The fourth-order valence-corrected chi connectivity index (χ4v) is 9.85. The molecule has 0 atom stereocenters. The largest absolute Gasteiger partial charge is 0.310 e. The lowest BCUT2D eigenvalue weighted by atomic mass is 10.00. The van der Waals surface area contributed by atoms with E-state index < -0.39 is 0 Å². The smallest absolute Gasteiger partial charge is 0.0805 e. The maximum absolute atomic E-state index is 5.46. The van der Waals surface area contributed by atoms with Gasteiger partial charge in [0.2, 0.25) is 0 Å². The molecule has 12 aromatic rings. The van der Waals surface area contributed by atoms with Gasteiger partial charge in [-0.05, 0) is 90.3 Å². The van der Waals surface area contributed by atoms with Crippen molar-refractivity contribution in [3.8, 4) is 28.2 Å². The van der Waals surface area contributed by atoms with Crippen LogP contribution in [0.25, 0.3) is 95.0 Å². The van der Waals surface area contributed by atoms with Gasteiger partial charge in [0.15, 0.2) is 0 Å². The van der Waals surface area contributed by atoms with Gasteiger partial charge in [0, 0.05) is 65.8 Å². The van der Waals surface area contributed by atoms with Crippen LogP contribution >= 0.6 is 0 Å². The van der Waals surface area contributed by atoms with E-state index in [1.165, 1.54) is 38.1 Å². The summed E-state index contributed by atoms with van der Waals surface area (Å²) in [5.41, 5.74) is 15.3. The molecule has 0 bridgehead atoms. The number of fused-ring (bicyclic) bond motifs is 8. The normalized spacial score (nSPS) is 12.5. The van der Waals surface area contributed by atoms with Crippen LogP contribution in [-0.4, -0.2) is 19.4 Å². The summed E-state index contributed by atoms with van der Waals surface area (Å²) < 4.78 is 7.18. The molecule has 0 spiro atoms. The summed E-state index contributed by atoms with van der Waals surface area (Å²) in [6.45, 7) is 6.90. The lowest BCUT2D eigenvalue weighted by molar-refractivity contribution is 1.07. The number of nitrogens with zero attached hydrogens (tertiary/aromatic N) is 4. The Kier molecular flexibility index (Phi) is 8.84. The van der Waals surface area contributed by atoms with Crippen molar-refractivity contribution in [2.45, 2.75) is 6.92 Å². The molecule has 3 heterocycles. The van der Waals surface area contributed by atoms with Gasteiger partial charge in [0.1, 0.15) is 0 Å². The fourth-order valence-electron chi connectivity index (χ4n) is 9.85. The second-order valence-corrected chi connectivity index (χ2v) is 16.5. The molecule has 0 saturated carbocycles. The Bertz CT molecular complexity index is 3880. The Morgan fingerprint density at radius 3 is 1.36 bits per heavy atom. The summed E-state index contributed by atoms with van der Waals surface area (Å²) in [5.74, 6) is 0. The average molecular weight is 819 g/mol. The Balaban J connectivity index is 1.16. The van der Waals surface area contributed by atoms with Crippen LogP contribution in [-0.2, 0) is 0 Å². The fraction of sp³-hybridized carbons (Fsp3) is 0.0167. The van der Waals surface area contributed by atoms with E-state index in [0.717, 1.165) is 77.7 Å². The number of benzene rings is 9. The Morgan fingerprint density at radius 2 is 0.797 bits per heavy atom. The third kappa shape index (κ3) is 5.95. The highest BCUT2D eigenvalue weighted by atomic mass is 15.0. The molecule has 12 rings (SSSR count). The minimum Gasteiger partial charge on any atom is -0.310 e. The topological polar surface area (TPSA) is 27.1 Å². The first-order valence-electron chi connectivity index (χ1n) is 21.8. The molecule has 0 radical (unpaired) electrons. The van der Waals surface area contributed by atoms with E-state index in [0.29, 0.717) is 0 Å². The highest BCUT2D eigenvalue weighted by molar-refractivity contribution is 6.24. The van der Waals surface area contributed by atoms with Crippen molar-refractivity contribution < 1.29 is 0 Å². The van der Waals surface area contributed by atoms with Gasteiger partial charge in [0.05, 0.1) is 33.3 Å². The van der Waals surface area contributed by atoms with Gasteiger partial charge in [-0.3, -0.25) is 4.99 Å². The van der Waals surface area contributed by atoms with Crippen molar-refractivity contribution in [2.75, 3.05) is 0 Å². The Labute approximate surface area is 370 Å². The quantitative estimate of drug-likeness (QED) is 0.143. The number of aromatic nitrogens is 3. The number of para-hydroxylation sites is 4. The van der Waals surface area contributed by atoms with E-state index in [1.54, 1.807) is 0 Å². The van der Waals surface area contributed by atoms with E-state index in [1.807, 2.05) is 6.07 Å². The molecule has 4 nitrogen and oxygen atoms in total. The van der Waals surface area contributed by atoms with Crippen LogP contribution in [0.5, 0.6) is 0 Å². The number of rotatable bonds is 7. The van der Waals surface area contributed by atoms with Gasteiger partial charge in [0.25, 0.3) is 0 Å². The predicted octanol–water partition coefficient (Wildman–Crippen LogP) is 13.6. The van der Waals surface area contributed by atoms with Gasteiger partial charge in [-0.25, -0.2) is 0 Å². The highest BCUT2D eigenvalue weighted by Crippen LogP contribution is 2.42. The third-order valence-electron chi connectivity index (χ3n) is 12.8. The van der Waals surface area contributed by atoms with Crippen molar-refractivity contribution in [3.05, 3.63) is 246 Å². The van der Waals surface area contributed by atoms with Gasteiger partial charge < -0.3 is 13.7 Å². The molecule has 3 aromatic heterocycles. The summed E-state index contributed by atoms with van der Waals surface area (Å²) in [4.78, 5) is 5.46. The van der Waals surface area contributed by atoms with Gasteiger partial charge >= 0.3 is 0 Å². The van der Waals surface area contributed by atoms with E-state index in [2.05, 4.69) is 239 Å². The van der Waals surface area contributed by atoms with E-state index >= 15 is 0 Å². The molecule has 0 fully saturated rings. The zero-order valence-corrected chi connectivity index (χ0v) is 35.4. The van der Waals surface area contributed by atoms with Crippen molar-refractivity contribution in [2.24, 2.45) is 4.99 Å². The van der Waals surface area contributed by atoms with Crippen molar-refractivity contribution in [1.82, 2.24) is 13.7 Å². The number of hydrogen-bond donors (Lipinski definition) is 0. The van der Waals surface area contributed by atoms with Crippen LogP contribution < -0.4 is 10.6 Å². The van der Waals surface area contributed by atoms with Crippen LogP contribution in [0.2, 0.25) is 0 Å². The molecular formula is C60H42N4. The second kappa shape index (κ2) is 15.2. The lowest BCUT2D eigenvalue weighted by Crippen LogP contribution is -2.29. The monoisotopic (exact) mass is 818 g/mol. The number of hydrogen-bond acceptors (Lipinski definition) is 1. The molecule has 64 heavy (non-hydrogen) atoms. The average Bonchev–Trinajstić information content (AvgIpc) is 3.98. The SMILES string of the molecule is C=c1/c(=C(\N=C(C)c2ccccc2)c2ccccc2)c2cc(-c3ccc4c(c3)c3ccc5c6ccccc6n(-c6ccccc6)c5c3n4-c3ccccc3)ccc2n1-c1ccccc1. The van der Waals surface area contributed by atoms with E-state index in [9.17, 15) is 0 Å². The number of aliphatic imine (C=N–C) groups is 1. The molecule has 0 amide bonds. The summed E-state index contributed by atoms with van der Waals surface area (Å²) >= 11 is 0. The third-order valence-corrected chi connectivity index (χ3v) is 12.8. The molecule has 0 saturated heterocycles.